The van der Waals surface area contributed by atoms with Gasteiger partial charge in [0.25, 0.3) is 0 Å². The highest BCUT2D eigenvalue weighted by molar-refractivity contribution is 5.44. The topological polar surface area (TPSA) is 43.8 Å². The summed E-state index contributed by atoms with van der Waals surface area (Å²) in [5, 5.41) is 0. The fourth-order valence-corrected chi connectivity index (χ4v) is 1.47. The minimum atomic E-state index is 0.547. The molecule has 72 valence electrons. The predicted octanol–water partition coefficient (Wildman–Crippen LogP) is 2.07. The zero-order valence-electron chi connectivity index (χ0n) is 8.36. The first kappa shape index (κ1) is 8.81. The summed E-state index contributed by atoms with van der Waals surface area (Å²) in [5.74, 6) is 0.547. The molecule has 2 rings (SSSR count). The van der Waals surface area contributed by atoms with Crippen molar-refractivity contribution >= 4 is 5.82 Å². The van der Waals surface area contributed by atoms with Crippen LogP contribution in [0.1, 0.15) is 11.1 Å². The second-order valence-corrected chi connectivity index (χ2v) is 3.50. The summed E-state index contributed by atoms with van der Waals surface area (Å²) in [5.41, 5.74) is 9.16. The van der Waals surface area contributed by atoms with Gasteiger partial charge in [0.1, 0.15) is 12.1 Å². The molecule has 0 aliphatic heterocycles. The smallest absolute Gasteiger partial charge is 0.141 e. The normalized spacial score (nSPS) is 10.4. The van der Waals surface area contributed by atoms with E-state index in [2.05, 4.69) is 37.0 Å². The molecule has 3 nitrogen and oxygen atoms in total. The maximum absolute atomic E-state index is 5.57. The van der Waals surface area contributed by atoms with Gasteiger partial charge in [0.05, 0.1) is 6.20 Å². The lowest BCUT2D eigenvalue weighted by atomic mass is 10.1. The van der Waals surface area contributed by atoms with Crippen molar-refractivity contribution < 1.29 is 0 Å². The van der Waals surface area contributed by atoms with Crippen molar-refractivity contribution in [3.63, 3.8) is 0 Å². The van der Waals surface area contributed by atoms with Crippen LogP contribution < -0.4 is 5.73 Å². The molecule has 0 saturated heterocycles. The number of nitrogens with two attached hydrogens (primary N) is 1. The van der Waals surface area contributed by atoms with Gasteiger partial charge in [-0.05, 0) is 31.0 Å². The predicted molar refractivity (Wildman–Crippen MR) is 57.5 cm³/mol. The van der Waals surface area contributed by atoms with Gasteiger partial charge in [-0.1, -0.05) is 12.1 Å². The minimum Gasteiger partial charge on any atom is -0.382 e. The van der Waals surface area contributed by atoms with E-state index in [0.717, 1.165) is 5.69 Å². The fourth-order valence-electron chi connectivity index (χ4n) is 1.47. The zero-order valence-corrected chi connectivity index (χ0v) is 8.36. The van der Waals surface area contributed by atoms with E-state index < -0.39 is 0 Å². The van der Waals surface area contributed by atoms with Crippen molar-refractivity contribution in [2.24, 2.45) is 0 Å². The maximum Gasteiger partial charge on any atom is 0.141 e. The third-order valence-corrected chi connectivity index (χ3v) is 2.25. The van der Waals surface area contributed by atoms with Crippen molar-refractivity contribution in [1.82, 2.24) is 9.55 Å². The molecule has 0 aliphatic carbocycles. The van der Waals surface area contributed by atoms with Crippen LogP contribution in [0, 0.1) is 13.8 Å². The van der Waals surface area contributed by atoms with Gasteiger partial charge in [0, 0.05) is 5.69 Å². The van der Waals surface area contributed by atoms with Gasteiger partial charge in [-0.25, -0.2) is 4.98 Å². The molecule has 0 amide bonds. The molecule has 3 heteroatoms. The van der Waals surface area contributed by atoms with Crippen LogP contribution in [0.2, 0.25) is 0 Å². The van der Waals surface area contributed by atoms with E-state index in [0.29, 0.717) is 5.82 Å². The van der Waals surface area contributed by atoms with Crippen molar-refractivity contribution in [1.29, 1.82) is 0 Å². The number of imidazole rings is 1. The third-order valence-electron chi connectivity index (χ3n) is 2.25. The number of rotatable bonds is 1. The monoisotopic (exact) mass is 187 g/mol. The Bertz CT molecular complexity index is 457. The minimum absolute atomic E-state index is 0.547. The summed E-state index contributed by atoms with van der Waals surface area (Å²) in [7, 11) is 0. The van der Waals surface area contributed by atoms with E-state index in [9.17, 15) is 0 Å². The largest absolute Gasteiger partial charge is 0.382 e. The Labute approximate surface area is 83.2 Å². The van der Waals surface area contributed by atoms with Crippen LogP contribution in [0.15, 0.2) is 30.7 Å². The molecule has 0 saturated carbocycles. The van der Waals surface area contributed by atoms with Crippen LogP contribution in [0.4, 0.5) is 5.82 Å². The Balaban J connectivity index is 2.55. The Hall–Kier alpha value is -1.77. The molecule has 0 unspecified atom stereocenters. The average Bonchev–Trinajstić information content (AvgIpc) is 2.56. The average molecular weight is 187 g/mol. The van der Waals surface area contributed by atoms with Crippen LogP contribution >= 0.6 is 0 Å². The highest BCUT2D eigenvalue weighted by Crippen LogP contribution is 2.16. The van der Waals surface area contributed by atoms with Crippen LogP contribution in [0.25, 0.3) is 5.69 Å². The fraction of sp³-hybridized carbons (Fsp3) is 0.182. The second-order valence-electron chi connectivity index (χ2n) is 3.50. The summed E-state index contributed by atoms with van der Waals surface area (Å²) in [4.78, 5) is 4.00. The first-order chi connectivity index (χ1) is 6.66. The molecule has 0 radical (unpaired) electrons. The van der Waals surface area contributed by atoms with Gasteiger partial charge in [-0.2, -0.15) is 0 Å². The van der Waals surface area contributed by atoms with Crippen molar-refractivity contribution in [3.05, 3.63) is 41.9 Å². The second kappa shape index (κ2) is 3.18. The molecule has 0 fully saturated rings. The number of hydrogen-bond donors (Lipinski definition) is 1. The zero-order chi connectivity index (χ0) is 10.1. The van der Waals surface area contributed by atoms with E-state index in [-0.39, 0.29) is 0 Å². The first-order valence-corrected chi connectivity index (χ1v) is 4.54. The number of hydrogen-bond acceptors (Lipinski definition) is 2. The van der Waals surface area contributed by atoms with E-state index in [1.54, 1.807) is 6.33 Å². The van der Waals surface area contributed by atoms with Crippen molar-refractivity contribution in [2.75, 3.05) is 5.73 Å². The molecule has 0 bridgehead atoms. The van der Waals surface area contributed by atoms with Gasteiger partial charge in [-0.15, -0.1) is 0 Å². The molecular formula is C11H13N3. The molecular weight excluding hydrogens is 174 g/mol. The van der Waals surface area contributed by atoms with E-state index in [1.807, 2.05) is 10.8 Å². The van der Waals surface area contributed by atoms with Crippen molar-refractivity contribution in [2.45, 2.75) is 13.8 Å². The first-order valence-electron chi connectivity index (χ1n) is 4.54. The molecule has 0 aliphatic rings. The van der Waals surface area contributed by atoms with Crippen LogP contribution in [0.5, 0.6) is 0 Å². The van der Waals surface area contributed by atoms with Gasteiger partial charge >= 0.3 is 0 Å². The van der Waals surface area contributed by atoms with Gasteiger partial charge in [0.2, 0.25) is 0 Å². The van der Waals surface area contributed by atoms with Gasteiger partial charge in [-0.3, -0.25) is 0 Å². The lowest BCUT2D eigenvalue weighted by molar-refractivity contribution is 1.04. The number of anilines is 1. The van der Waals surface area contributed by atoms with Crippen LogP contribution in [0.3, 0.4) is 0 Å². The maximum atomic E-state index is 5.57. The highest BCUT2D eigenvalue weighted by Gasteiger charge is 2.01. The number of benzene rings is 1. The SMILES string of the molecule is Cc1ccc(C)c(-n2cnc(N)c2)c1. The summed E-state index contributed by atoms with van der Waals surface area (Å²) in [6.07, 6.45) is 3.55. The molecule has 0 atom stereocenters. The molecule has 1 aromatic heterocycles. The lowest BCUT2D eigenvalue weighted by Crippen LogP contribution is -1.94. The van der Waals surface area contributed by atoms with Gasteiger partial charge in [0.15, 0.2) is 0 Å². The highest BCUT2D eigenvalue weighted by atomic mass is 15.1. The van der Waals surface area contributed by atoms with Crippen LogP contribution in [-0.2, 0) is 0 Å². The quantitative estimate of drug-likeness (QED) is 0.742. The number of nitrogens with zero attached hydrogens (tertiary/aromatic N) is 2. The Kier molecular flexibility index (Phi) is 2.00. The summed E-state index contributed by atoms with van der Waals surface area (Å²) < 4.78 is 1.94. The number of aromatic nitrogens is 2. The lowest BCUT2D eigenvalue weighted by Gasteiger charge is -2.06. The summed E-state index contributed by atoms with van der Waals surface area (Å²) >= 11 is 0. The molecule has 2 aromatic rings. The molecule has 14 heavy (non-hydrogen) atoms. The summed E-state index contributed by atoms with van der Waals surface area (Å²) in [6, 6.07) is 6.32. The van der Waals surface area contributed by atoms with Crippen LogP contribution in [-0.4, -0.2) is 9.55 Å². The van der Waals surface area contributed by atoms with E-state index in [1.165, 1.54) is 11.1 Å². The Morgan fingerprint density at radius 2 is 2.07 bits per heavy atom. The standard InChI is InChI=1S/C11H13N3/c1-8-3-4-9(2)10(5-8)14-6-11(12)13-7-14/h3-7H,12H2,1-2H3. The van der Waals surface area contributed by atoms with Crippen molar-refractivity contribution in [3.8, 4) is 5.69 Å². The Morgan fingerprint density at radius 1 is 1.29 bits per heavy atom. The molecule has 0 spiro atoms. The molecule has 2 N–H and O–H groups in total. The Morgan fingerprint density at radius 3 is 2.71 bits per heavy atom. The summed E-state index contributed by atoms with van der Waals surface area (Å²) in [6.45, 7) is 4.15. The van der Waals surface area contributed by atoms with E-state index in [4.69, 9.17) is 5.73 Å². The van der Waals surface area contributed by atoms with Gasteiger partial charge < -0.3 is 10.3 Å². The third kappa shape index (κ3) is 1.48. The van der Waals surface area contributed by atoms with E-state index >= 15 is 0 Å². The molecule has 1 heterocycles. The number of nitrogen functional groups attached to an aromatic ring is 1. The number of aryl methyl sites for hydroxylation is 2. The molecule has 1 aromatic carbocycles.